The summed E-state index contributed by atoms with van der Waals surface area (Å²) in [4.78, 5) is 3.13. The molecule has 9 aliphatic rings. The van der Waals surface area contributed by atoms with Crippen LogP contribution >= 0.6 is 0 Å². The molecule has 0 saturated carbocycles. The Morgan fingerprint density at radius 2 is 1.59 bits per heavy atom. The van der Waals surface area contributed by atoms with E-state index in [1.165, 1.54) is 76.2 Å². The summed E-state index contributed by atoms with van der Waals surface area (Å²) in [6.45, 7) is 5.24. The minimum absolute atomic E-state index is 0.0107. The summed E-state index contributed by atoms with van der Waals surface area (Å²) >= 11 is 0. The summed E-state index contributed by atoms with van der Waals surface area (Å²) in [6, 6.07) is 22.4. The Balaban J connectivity index is 0.988. The van der Waals surface area contributed by atoms with E-state index < -0.39 is 9.52 Å². The lowest BCUT2D eigenvalue weighted by Gasteiger charge is -2.50. The molecule has 1 nitrogen and oxygen atoms in total. The molecule has 276 valence electrons. The summed E-state index contributed by atoms with van der Waals surface area (Å²) in [5.74, 6) is 3.72. The zero-order valence-electron chi connectivity index (χ0n) is 32.7. The second kappa shape index (κ2) is 13.0. The fourth-order valence-electron chi connectivity index (χ4n) is 14.5. The summed E-state index contributed by atoms with van der Waals surface area (Å²) in [7, 11) is -0.393. The number of benzene rings is 2. The van der Waals surface area contributed by atoms with Crippen molar-refractivity contribution in [2.24, 2.45) is 35.0 Å². The number of fused-ring (bicyclic) bond motifs is 7. The number of rotatable bonds is 5. The lowest BCUT2D eigenvalue weighted by atomic mass is 9.57. The molecule has 10 unspecified atom stereocenters. The van der Waals surface area contributed by atoms with Crippen molar-refractivity contribution in [2.45, 2.75) is 113 Å². The van der Waals surface area contributed by atoms with Gasteiger partial charge >= 0.3 is 0 Å². The second-order valence-corrected chi connectivity index (χ2v) is 21.1. The van der Waals surface area contributed by atoms with E-state index in [1.54, 1.807) is 27.6 Å². The molecule has 0 N–H and O–H groups in total. The Bertz CT molecular complexity index is 2080. The second-order valence-electron chi connectivity index (χ2n) is 19.1. The van der Waals surface area contributed by atoms with Gasteiger partial charge in [0.2, 0.25) is 0 Å². The molecule has 2 heteroatoms. The maximum absolute atomic E-state index is 3.13. The molecule has 0 amide bonds. The molecule has 0 radical (unpaired) electrons. The molecule has 1 heterocycles. The Morgan fingerprint density at radius 3 is 2.48 bits per heavy atom. The lowest BCUT2D eigenvalue weighted by molar-refractivity contribution is 0.149. The molecule has 0 saturated heterocycles. The summed E-state index contributed by atoms with van der Waals surface area (Å²) in [5, 5.41) is 1.75. The van der Waals surface area contributed by atoms with Crippen LogP contribution in [-0.4, -0.2) is 26.5 Å². The first-order valence-electron chi connectivity index (χ1n) is 22.0. The van der Waals surface area contributed by atoms with Crippen LogP contribution in [0.4, 0.5) is 0 Å². The predicted molar refractivity (Wildman–Crippen MR) is 228 cm³/mol. The van der Waals surface area contributed by atoms with Crippen LogP contribution in [0, 0.1) is 35.0 Å². The molecule has 2 aromatic rings. The average molecular weight is 726 g/mol. The molecule has 1 aliphatic heterocycles. The summed E-state index contributed by atoms with van der Waals surface area (Å²) in [6.07, 6.45) is 42.3. The van der Waals surface area contributed by atoms with Crippen LogP contribution in [0.3, 0.4) is 0 Å². The number of allylic oxidation sites excluding steroid dienone is 14. The Labute approximate surface area is 327 Å². The Morgan fingerprint density at radius 1 is 0.722 bits per heavy atom. The quantitative estimate of drug-likeness (QED) is 0.219. The van der Waals surface area contributed by atoms with E-state index in [0.717, 1.165) is 17.4 Å². The van der Waals surface area contributed by atoms with Crippen LogP contribution in [0.15, 0.2) is 149 Å². The minimum atomic E-state index is -0.393. The maximum atomic E-state index is 3.13. The molecule has 0 bridgehead atoms. The van der Waals surface area contributed by atoms with Crippen molar-refractivity contribution in [3.05, 3.63) is 161 Å². The molecule has 10 atom stereocenters. The predicted octanol–water partition coefficient (Wildman–Crippen LogP) is 11.1. The Hall–Kier alpha value is -3.62. The monoisotopic (exact) mass is 725 g/mol. The van der Waals surface area contributed by atoms with Crippen LogP contribution in [0.5, 0.6) is 0 Å². The molecular weight excluding hydrogens is 667 g/mol. The molecule has 0 fully saturated rings. The first-order chi connectivity index (χ1) is 26.5. The normalized spacial score (nSPS) is 38.5. The standard InChI is InChI=1S/C52H59NSi/c1-51(2)44-22-10-6-17-38(44)41-32-31-37(33-47(41)51)53(48-25-14-21-43-42-20-9-13-26-49(42)54-50(43)48)36-29-27-35(28-30-36)52(34-15-4-3-5-16-34)45-23-11-7-18-39(45)40-19-8-12-24-46(40)52/h3-7,9,11-13,15-18,20,23-27,29,35-39,43-45,50H,8,10,14,19,21-22,28,30-33,54H2,1-2H3. The molecule has 2 aromatic carbocycles. The SMILES string of the molecule is CC1(C)C2=C(CCC(N(C3=CCCC4c5ccccc5[SiH2]C34)C3C=CC(C4(c5ccccc5)C5=C(CCC=C5)C5C=CC=CC54)CC3)C2)C2C=CCCC21. The van der Waals surface area contributed by atoms with Crippen molar-refractivity contribution < 1.29 is 0 Å². The fourth-order valence-corrected chi connectivity index (χ4v) is 17.2. The smallest absolute Gasteiger partial charge is 0.0654 e. The average Bonchev–Trinajstić information content (AvgIpc) is 3.83. The molecule has 0 spiro atoms. The van der Waals surface area contributed by atoms with Gasteiger partial charge < -0.3 is 4.90 Å². The first kappa shape index (κ1) is 33.7. The van der Waals surface area contributed by atoms with Gasteiger partial charge in [0, 0.05) is 40.9 Å². The Kier molecular flexibility index (Phi) is 8.09. The molecule has 8 aliphatic carbocycles. The summed E-state index contributed by atoms with van der Waals surface area (Å²) in [5.41, 5.74) is 13.1. The highest BCUT2D eigenvalue weighted by atomic mass is 28.2. The van der Waals surface area contributed by atoms with Crippen molar-refractivity contribution in [1.29, 1.82) is 0 Å². The fraction of sp³-hybridized carbons (Fsp3) is 0.462. The van der Waals surface area contributed by atoms with Crippen LogP contribution < -0.4 is 5.19 Å². The van der Waals surface area contributed by atoms with E-state index in [2.05, 4.69) is 140 Å². The van der Waals surface area contributed by atoms with Gasteiger partial charge in [-0.25, -0.2) is 0 Å². The molecule has 0 aromatic heterocycles. The first-order valence-corrected chi connectivity index (χ1v) is 23.5. The topological polar surface area (TPSA) is 3.24 Å². The zero-order valence-corrected chi connectivity index (χ0v) is 34.1. The van der Waals surface area contributed by atoms with Gasteiger partial charge in [0.1, 0.15) is 0 Å². The van der Waals surface area contributed by atoms with E-state index in [-0.39, 0.29) is 5.41 Å². The number of hydrogen-bond donors (Lipinski definition) is 0. The molecule has 54 heavy (non-hydrogen) atoms. The third-order valence-electron chi connectivity index (χ3n) is 16.6. The third-order valence-corrected chi connectivity index (χ3v) is 19.1. The summed E-state index contributed by atoms with van der Waals surface area (Å²) < 4.78 is 0. The van der Waals surface area contributed by atoms with Gasteiger partial charge in [0.05, 0.1) is 9.52 Å². The van der Waals surface area contributed by atoms with Crippen molar-refractivity contribution in [1.82, 2.24) is 4.90 Å². The largest absolute Gasteiger partial charge is 0.365 e. The van der Waals surface area contributed by atoms with Crippen LogP contribution in [0.25, 0.3) is 0 Å². The highest BCUT2D eigenvalue weighted by Crippen LogP contribution is 2.63. The van der Waals surface area contributed by atoms with E-state index in [0.29, 0.717) is 41.2 Å². The van der Waals surface area contributed by atoms with Crippen LogP contribution in [0.2, 0.25) is 5.54 Å². The lowest BCUT2D eigenvalue weighted by Crippen LogP contribution is -2.48. The minimum Gasteiger partial charge on any atom is -0.365 e. The van der Waals surface area contributed by atoms with Gasteiger partial charge in [-0.2, -0.15) is 0 Å². The van der Waals surface area contributed by atoms with Crippen LogP contribution in [-0.2, 0) is 5.41 Å². The van der Waals surface area contributed by atoms with Gasteiger partial charge in [0.25, 0.3) is 0 Å². The van der Waals surface area contributed by atoms with Crippen molar-refractivity contribution in [2.75, 3.05) is 0 Å². The highest BCUT2D eigenvalue weighted by Gasteiger charge is 2.57. The van der Waals surface area contributed by atoms with Gasteiger partial charge in [0.15, 0.2) is 0 Å². The van der Waals surface area contributed by atoms with Crippen molar-refractivity contribution >= 4 is 14.7 Å². The molecule has 11 rings (SSSR count). The van der Waals surface area contributed by atoms with E-state index in [9.17, 15) is 0 Å². The van der Waals surface area contributed by atoms with Gasteiger partial charge in [-0.15, -0.1) is 0 Å². The van der Waals surface area contributed by atoms with Crippen LogP contribution in [0.1, 0.15) is 102 Å². The van der Waals surface area contributed by atoms with Crippen molar-refractivity contribution in [3.8, 4) is 0 Å². The maximum Gasteiger partial charge on any atom is 0.0654 e. The van der Waals surface area contributed by atoms with Gasteiger partial charge in [-0.3, -0.25) is 0 Å². The van der Waals surface area contributed by atoms with Gasteiger partial charge in [-0.05, 0) is 116 Å². The van der Waals surface area contributed by atoms with E-state index in [1.807, 2.05) is 11.1 Å². The highest BCUT2D eigenvalue weighted by molar-refractivity contribution is 6.58. The van der Waals surface area contributed by atoms with Crippen molar-refractivity contribution in [3.63, 3.8) is 0 Å². The van der Waals surface area contributed by atoms with E-state index in [4.69, 9.17) is 0 Å². The number of nitrogens with zero attached hydrogens (tertiary/aromatic N) is 1. The molecular formula is C52H59NSi. The van der Waals surface area contributed by atoms with E-state index >= 15 is 0 Å². The number of hydrogen-bond acceptors (Lipinski definition) is 1. The third kappa shape index (κ3) is 4.87. The zero-order chi connectivity index (χ0) is 36.0. The van der Waals surface area contributed by atoms with Gasteiger partial charge in [-0.1, -0.05) is 157 Å².